The maximum absolute atomic E-state index is 12.1. The van der Waals surface area contributed by atoms with E-state index in [4.69, 9.17) is 4.42 Å². The molecule has 0 bridgehead atoms. The minimum absolute atomic E-state index is 0.0110. The third kappa shape index (κ3) is 4.76. The molecule has 0 unspecified atom stereocenters. The number of hydrogen-bond donors (Lipinski definition) is 2. The molecule has 0 aliphatic heterocycles. The van der Waals surface area contributed by atoms with Gasteiger partial charge in [-0.25, -0.2) is 5.43 Å². The van der Waals surface area contributed by atoms with E-state index in [-0.39, 0.29) is 18.1 Å². The highest BCUT2D eigenvalue weighted by Crippen LogP contribution is 2.24. The van der Waals surface area contributed by atoms with E-state index >= 15 is 0 Å². The van der Waals surface area contributed by atoms with Gasteiger partial charge in [0.2, 0.25) is 0 Å². The second-order valence-electron chi connectivity index (χ2n) is 6.68. The summed E-state index contributed by atoms with van der Waals surface area (Å²) in [6.45, 7) is 0.0670. The van der Waals surface area contributed by atoms with E-state index in [1.165, 1.54) is 18.3 Å². The molecule has 8 heteroatoms. The average molecular weight is 414 g/mol. The summed E-state index contributed by atoms with van der Waals surface area (Å²) in [5.41, 5.74) is 4.04. The Labute approximate surface area is 177 Å². The molecule has 0 saturated heterocycles. The van der Waals surface area contributed by atoms with Crippen LogP contribution in [0.25, 0.3) is 22.1 Å². The fourth-order valence-electron chi connectivity index (χ4n) is 3.09. The van der Waals surface area contributed by atoms with Crippen molar-refractivity contribution in [3.05, 3.63) is 94.7 Å². The molecular formula is C23H18N4O4. The van der Waals surface area contributed by atoms with Crippen LogP contribution in [0.3, 0.4) is 0 Å². The minimum Gasteiger partial charge on any atom is -0.455 e. The van der Waals surface area contributed by atoms with Gasteiger partial charge in [-0.05, 0) is 35.7 Å². The molecular weight excluding hydrogens is 396 g/mol. The summed E-state index contributed by atoms with van der Waals surface area (Å²) >= 11 is 0. The molecule has 0 aliphatic carbocycles. The third-order valence-electron chi connectivity index (χ3n) is 4.60. The van der Waals surface area contributed by atoms with Gasteiger partial charge in [-0.2, -0.15) is 5.10 Å². The molecule has 0 fully saturated rings. The van der Waals surface area contributed by atoms with Gasteiger partial charge in [0.05, 0.1) is 17.7 Å². The van der Waals surface area contributed by atoms with Crippen LogP contribution in [0.1, 0.15) is 5.76 Å². The van der Waals surface area contributed by atoms with E-state index in [2.05, 4.69) is 15.8 Å². The lowest BCUT2D eigenvalue weighted by atomic mass is 10.1. The summed E-state index contributed by atoms with van der Waals surface area (Å²) in [6.07, 6.45) is 1.39. The van der Waals surface area contributed by atoms with Gasteiger partial charge in [0.25, 0.3) is 11.6 Å². The molecule has 1 heterocycles. The van der Waals surface area contributed by atoms with Crippen LogP contribution in [-0.2, 0) is 4.79 Å². The van der Waals surface area contributed by atoms with E-state index < -0.39 is 4.92 Å². The van der Waals surface area contributed by atoms with Gasteiger partial charge in [0, 0.05) is 28.8 Å². The predicted octanol–water partition coefficient (Wildman–Crippen LogP) is 4.57. The van der Waals surface area contributed by atoms with Gasteiger partial charge in [-0.1, -0.05) is 36.4 Å². The van der Waals surface area contributed by atoms with Crippen molar-refractivity contribution in [1.82, 2.24) is 5.43 Å². The first kappa shape index (κ1) is 19.8. The quantitative estimate of drug-likeness (QED) is 0.261. The van der Waals surface area contributed by atoms with Crippen LogP contribution in [0.5, 0.6) is 0 Å². The first-order valence-corrected chi connectivity index (χ1v) is 9.48. The fraction of sp³-hybridized carbons (Fsp3) is 0.0435. The van der Waals surface area contributed by atoms with Crippen molar-refractivity contribution in [2.24, 2.45) is 5.10 Å². The lowest BCUT2D eigenvalue weighted by Crippen LogP contribution is -2.25. The number of furan rings is 1. The van der Waals surface area contributed by atoms with Gasteiger partial charge in [-0.15, -0.1) is 0 Å². The molecule has 1 aromatic heterocycles. The molecule has 4 rings (SSSR count). The molecule has 0 radical (unpaired) electrons. The molecule has 8 nitrogen and oxygen atoms in total. The zero-order valence-corrected chi connectivity index (χ0v) is 16.3. The predicted molar refractivity (Wildman–Crippen MR) is 119 cm³/mol. The Morgan fingerprint density at radius 2 is 1.77 bits per heavy atom. The molecule has 31 heavy (non-hydrogen) atoms. The highest BCUT2D eigenvalue weighted by molar-refractivity contribution is 5.95. The number of benzene rings is 3. The number of nitrogens with one attached hydrogen (secondary N) is 2. The van der Waals surface area contributed by atoms with E-state index in [9.17, 15) is 14.9 Å². The Kier molecular flexibility index (Phi) is 5.70. The van der Waals surface area contributed by atoms with Crippen LogP contribution in [0.4, 0.5) is 11.4 Å². The Morgan fingerprint density at radius 3 is 2.58 bits per heavy atom. The van der Waals surface area contributed by atoms with Crippen molar-refractivity contribution < 1.29 is 14.1 Å². The van der Waals surface area contributed by atoms with E-state index in [0.29, 0.717) is 17.1 Å². The zero-order chi connectivity index (χ0) is 21.6. The van der Waals surface area contributed by atoms with Crippen LogP contribution in [0, 0.1) is 10.1 Å². The monoisotopic (exact) mass is 414 g/mol. The fourth-order valence-corrected chi connectivity index (χ4v) is 3.09. The highest BCUT2D eigenvalue weighted by atomic mass is 16.6. The van der Waals surface area contributed by atoms with Gasteiger partial charge in [-0.3, -0.25) is 14.9 Å². The van der Waals surface area contributed by atoms with Gasteiger partial charge in [0.15, 0.2) is 0 Å². The largest absolute Gasteiger partial charge is 0.455 e. The maximum atomic E-state index is 12.1. The van der Waals surface area contributed by atoms with Crippen LogP contribution < -0.4 is 10.7 Å². The standard InChI is InChI=1S/C23H18N4O4/c28-23(15-24-21-7-3-5-16-4-1-2-6-20(16)21)26-25-14-19-12-13-22(31-19)17-8-10-18(11-9-17)27(29)30/h1-14,24H,15H2,(H,26,28). The Hall–Kier alpha value is -4.46. The van der Waals surface area contributed by atoms with Gasteiger partial charge >= 0.3 is 0 Å². The Morgan fingerprint density at radius 1 is 1.00 bits per heavy atom. The number of non-ortho nitro benzene ring substituents is 1. The smallest absolute Gasteiger partial charge is 0.269 e. The summed E-state index contributed by atoms with van der Waals surface area (Å²) in [7, 11) is 0. The topological polar surface area (TPSA) is 110 Å². The summed E-state index contributed by atoms with van der Waals surface area (Å²) in [5, 5.41) is 19.9. The van der Waals surface area contributed by atoms with Gasteiger partial charge < -0.3 is 9.73 Å². The van der Waals surface area contributed by atoms with Gasteiger partial charge in [0.1, 0.15) is 11.5 Å². The zero-order valence-electron chi connectivity index (χ0n) is 16.3. The lowest BCUT2D eigenvalue weighted by molar-refractivity contribution is -0.384. The number of hydrazone groups is 1. The summed E-state index contributed by atoms with van der Waals surface area (Å²) < 4.78 is 5.64. The molecule has 1 amide bonds. The van der Waals surface area contributed by atoms with Crippen molar-refractivity contribution >= 4 is 34.3 Å². The first-order chi connectivity index (χ1) is 15.1. The van der Waals surface area contributed by atoms with Crippen molar-refractivity contribution in [3.63, 3.8) is 0 Å². The lowest BCUT2D eigenvalue weighted by Gasteiger charge is -2.08. The summed E-state index contributed by atoms with van der Waals surface area (Å²) in [5.74, 6) is 0.683. The van der Waals surface area contributed by atoms with E-state index in [1.807, 2.05) is 42.5 Å². The number of rotatable bonds is 7. The van der Waals surface area contributed by atoms with Crippen LogP contribution in [-0.4, -0.2) is 23.6 Å². The Bertz CT molecular complexity index is 1260. The Balaban J connectivity index is 1.32. The summed E-state index contributed by atoms with van der Waals surface area (Å²) in [6, 6.07) is 23.3. The number of nitrogens with zero attached hydrogens (tertiary/aromatic N) is 2. The van der Waals surface area contributed by atoms with Crippen molar-refractivity contribution in [2.75, 3.05) is 11.9 Å². The molecule has 0 atom stereocenters. The number of anilines is 1. The first-order valence-electron chi connectivity index (χ1n) is 9.48. The van der Waals surface area contributed by atoms with Crippen LogP contribution >= 0.6 is 0 Å². The normalized spacial score (nSPS) is 11.0. The van der Waals surface area contributed by atoms with E-state index in [1.54, 1.807) is 24.3 Å². The SMILES string of the molecule is O=C(CNc1cccc2ccccc12)NN=Cc1ccc(-c2ccc([N+](=O)[O-])cc2)o1. The van der Waals surface area contributed by atoms with Crippen LogP contribution in [0.2, 0.25) is 0 Å². The molecule has 2 N–H and O–H groups in total. The van der Waals surface area contributed by atoms with Crippen molar-refractivity contribution in [1.29, 1.82) is 0 Å². The molecule has 0 aliphatic rings. The number of nitro benzene ring substituents is 1. The number of carbonyl (C=O) groups is 1. The highest BCUT2D eigenvalue weighted by Gasteiger charge is 2.08. The molecule has 3 aromatic carbocycles. The van der Waals surface area contributed by atoms with Crippen molar-refractivity contribution in [2.45, 2.75) is 0 Å². The number of hydrogen-bond acceptors (Lipinski definition) is 6. The average Bonchev–Trinajstić information content (AvgIpc) is 3.26. The molecule has 0 saturated carbocycles. The number of fused-ring (bicyclic) bond motifs is 1. The summed E-state index contributed by atoms with van der Waals surface area (Å²) in [4.78, 5) is 22.4. The number of carbonyl (C=O) groups excluding carboxylic acids is 1. The number of amides is 1. The minimum atomic E-state index is -0.457. The second kappa shape index (κ2) is 8.91. The van der Waals surface area contributed by atoms with E-state index in [0.717, 1.165) is 16.5 Å². The van der Waals surface area contributed by atoms with Crippen LogP contribution in [0.15, 0.2) is 88.4 Å². The molecule has 0 spiro atoms. The molecule has 4 aromatic rings. The maximum Gasteiger partial charge on any atom is 0.269 e. The molecule has 154 valence electrons. The second-order valence-corrected chi connectivity index (χ2v) is 6.68. The third-order valence-corrected chi connectivity index (χ3v) is 4.60. The number of nitro groups is 1. The van der Waals surface area contributed by atoms with Crippen molar-refractivity contribution in [3.8, 4) is 11.3 Å².